The van der Waals surface area contributed by atoms with Gasteiger partial charge in [0, 0.05) is 24.0 Å². The van der Waals surface area contributed by atoms with E-state index in [4.69, 9.17) is 4.74 Å². The fourth-order valence-electron chi connectivity index (χ4n) is 2.64. The van der Waals surface area contributed by atoms with E-state index in [-0.39, 0.29) is 29.5 Å². The van der Waals surface area contributed by atoms with Crippen LogP contribution in [0.4, 0.5) is 5.69 Å². The van der Waals surface area contributed by atoms with Crippen molar-refractivity contribution in [3.63, 3.8) is 0 Å². The van der Waals surface area contributed by atoms with Crippen molar-refractivity contribution in [3.8, 4) is 0 Å². The van der Waals surface area contributed by atoms with Gasteiger partial charge in [0.1, 0.15) is 5.84 Å². The predicted molar refractivity (Wildman–Crippen MR) is 106 cm³/mol. The highest BCUT2D eigenvalue weighted by molar-refractivity contribution is 7.90. The van der Waals surface area contributed by atoms with Gasteiger partial charge in [0.2, 0.25) is 0 Å². The quantitative estimate of drug-likeness (QED) is 0.565. The molecule has 9 nitrogen and oxygen atoms in total. The lowest BCUT2D eigenvalue weighted by molar-refractivity contribution is -0.149. The Morgan fingerprint density at radius 2 is 1.86 bits per heavy atom. The van der Waals surface area contributed by atoms with Crippen LogP contribution in [0.1, 0.15) is 24.2 Å². The number of fused-ring (bicyclic) bond motifs is 1. The summed E-state index contributed by atoms with van der Waals surface area (Å²) in [6, 6.07) is 6.34. The number of carbonyl (C=O) groups excluding carboxylic acids is 3. The number of sulfonamides is 1. The SMILES string of the molecule is CC(=O)c1ccc(NC(=O)[C@H](C)OC(=O)C2=CN3CCS(=O)(=O)N=C3C=C2)cc1. The van der Waals surface area contributed by atoms with Crippen LogP contribution in [0.3, 0.4) is 0 Å². The van der Waals surface area contributed by atoms with Gasteiger partial charge in [-0.1, -0.05) is 0 Å². The summed E-state index contributed by atoms with van der Waals surface area (Å²) in [7, 11) is -3.48. The molecule has 152 valence electrons. The third kappa shape index (κ3) is 4.96. The van der Waals surface area contributed by atoms with Crippen LogP contribution < -0.4 is 5.32 Å². The molecule has 0 saturated heterocycles. The number of rotatable bonds is 5. The molecule has 1 aromatic rings. The molecule has 10 heteroatoms. The van der Waals surface area contributed by atoms with Gasteiger partial charge in [0.05, 0.1) is 11.3 Å². The maximum atomic E-state index is 12.3. The van der Waals surface area contributed by atoms with Crippen LogP contribution in [0, 0.1) is 0 Å². The van der Waals surface area contributed by atoms with Gasteiger partial charge in [-0.15, -0.1) is 4.40 Å². The van der Waals surface area contributed by atoms with Crippen molar-refractivity contribution in [1.82, 2.24) is 4.90 Å². The lowest BCUT2D eigenvalue weighted by Gasteiger charge is -2.27. The predicted octanol–water partition coefficient (Wildman–Crippen LogP) is 1.26. The van der Waals surface area contributed by atoms with Crippen molar-refractivity contribution in [2.45, 2.75) is 20.0 Å². The van der Waals surface area contributed by atoms with E-state index in [1.165, 1.54) is 32.2 Å². The van der Waals surface area contributed by atoms with Crippen molar-refractivity contribution in [2.75, 3.05) is 17.6 Å². The summed E-state index contributed by atoms with van der Waals surface area (Å²) in [6.07, 6.45) is 3.18. The number of ketones is 1. The van der Waals surface area contributed by atoms with Gasteiger partial charge in [-0.25, -0.2) is 13.2 Å². The minimum absolute atomic E-state index is 0.0847. The van der Waals surface area contributed by atoms with E-state index < -0.39 is 28.0 Å². The second-order valence-electron chi connectivity index (χ2n) is 6.52. The first kappa shape index (κ1) is 20.5. The van der Waals surface area contributed by atoms with Crippen LogP contribution in [0.5, 0.6) is 0 Å². The molecule has 0 bridgehead atoms. The summed E-state index contributed by atoms with van der Waals surface area (Å²) < 4.78 is 31.9. The lowest BCUT2D eigenvalue weighted by Crippen LogP contribution is -2.37. The molecule has 0 aromatic heterocycles. The summed E-state index contributed by atoms with van der Waals surface area (Å²) in [6.45, 7) is 3.06. The minimum atomic E-state index is -3.48. The lowest BCUT2D eigenvalue weighted by atomic mass is 10.1. The Balaban J connectivity index is 1.60. The van der Waals surface area contributed by atoms with Gasteiger partial charge in [-0.2, -0.15) is 0 Å². The van der Waals surface area contributed by atoms with Crippen molar-refractivity contribution in [1.29, 1.82) is 0 Å². The molecule has 0 radical (unpaired) electrons. The number of amidine groups is 1. The van der Waals surface area contributed by atoms with E-state index >= 15 is 0 Å². The highest BCUT2D eigenvalue weighted by Crippen LogP contribution is 2.17. The number of nitrogens with zero attached hydrogens (tertiary/aromatic N) is 2. The molecule has 3 rings (SSSR count). The molecular weight excluding hydrogens is 398 g/mol. The average molecular weight is 417 g/mol. The number of carbonyl (C=O) groups is 3. The summed E-state index contributed by atoms with van der Waals surface area (Å²) in [4.78, 5) is 37.4. The van der Waals surface area contributed by atoms with Crippen LogP contribution in [0.25, 0.3) is 0 Å². The van der Waals surface area contributed by atoms with E-state index in [1.807, 2.05) is 0 Å². The van der Waals surface area contributed by atoms with Crippen LogP contribution in [0.15, 0.2) is 52.6 Å². The van der Waals surface area contributed by atoms with Crippen molar-refractivity contribution < 1.29 is 27.5 Å². The second kappa shape index (κ2) is 8.00. The van der Waals surface area contributed by atoms with Crippen molar-refractivity contribution in [3.05, 3.63) is 53.8 Å². The topological polar surface area (TPSA) is 122 Å². The highest BCUT2D eigenvalue weighted by atomic mass is 32.2. The molecule has 0 fully saturated rings. The Morgan fingerprint density at radius 3 is 2.52 bits per heavy atom. The molecule has 2 heterocycles. The molecule has 0 unspecified atom stereocenters. The number of anilines is 1. The molecule has 1 aromatic carbocycles. The number of nitrogens with one attached hydrogen (secondary N) is 1. The number of esters is 1. The van der Waals surface area contributed by atoms with E-state index in [0.717, 1.165) is 0 Å². The molecule has 0 saturated carbocycles. The van der Waals surface area contributed by atoms with Gasteiger partial charge in [-0.05, 0) is 50.3 Å². The Labute approximate surface area is 167 Å². The zero-order chi connectivity index (χ0) is 21.2. The largest absolute Gasteiger partial charge is 0.449 e. The van der Waals surface area contributed by atoms with E-state index in [0.29, 0.717) is 11.3 Å². The minimum Gasteiger partial charge on any atom is -0.449 e. The number of benzene rings is 1. The number of amides is 1. The third-order valence-corrected chi connectivity index (χ3v) is 5.44. The van der Waals surface area contributed by atoms with Crippen molar-refractivity contribution >= 4 is 39.2 Å². The maximum absolute atomic E-state index is 12.3. The first-order chi connectivity index (χ1) is 13.6. The molecule has 29 heavy (non-hydrogen) atoms. The maximum Gasteiger partial charge on any atom is 0.340 e. The molecule has 1 amide bonds. The van der Waals surface area contributed by atoms with Gasteiger partial charge in [0.15, 0.2) is 11.9 Å². The van der Waals surface area contributed by atoms with Gasteiger partial charge < -0.3 is 15.0 Å². The fraction of sp³-hybridized carbons (Fsp3) is 0.263. The Morgan fingerprint density at radius 1 is 1.17 bits per heavy atom. The summed E-state index contributed by atoms with van der Waals surface area (Å²) in [5, 5.41) is 2.61. The standard InChI is InChI=1S/C19H19N3O6S/c1-12(23)14-3-6-16(7-4-14)20-18(24)13(2)28-19(25)15-5-8-17-21-29(26,27)10-9-22(17)11-15/h3-8,11,13H,9-10H2,1-2H3,(H,20,24)/t13-/m0/s1. The number of Topliss-reactive ketones (excluding diaryl/α,β-unsaturated/α-hetero) is 1. The van der Waals surface area contributed by atoms with Crippen molar-refractivity contribution in [2.24, 2.45) is 4.40 Å². The summed E-state index contributed by atoms with van der Waals surface area (Å²) in [5.74, 6) is -1.25. The van der Waals surface area contributed by atoms with Crippen LogP contribution in [-0.4, -0.2) is 55.2 Å². The van der Waals surface area contributed by atoms with Crippen LogP contribution in [-0.2, 0) is 24.3 Å². The molecule has 0 aliphatic carbocycles. The van der Waals surface area contributed by atoms with E-state index in [9.17, 15) is 22.8 Å². The van der Waals surface area contributed by atoms with Gasteiger partial charge in [-0.3, -0.25) is 9.59 Å². The van der Waals surface area contributed by atoms with Gasteiger partial charge >= 0.3 is 5.97 Å². The molecule has 0 spiro atoms. The molecule has 1 N–H and O–H groups in total. The molecule has 2 aliphatic heterocycles. The number of hydrogen-bond acceptors (Lipinski definition) is 7. The summed E-state index contributed by atoms with van der Waals surface area (Å²) in [5.41, 5.74) is 1.16. The Kier molecular flexibility index (Phi) is 5.64. The fourth-order valence-corrected chi connectivity index (χ4v) is 3.61. The monoisotopic (exact) mass is 417 g/mol. The second-order valence-corrected chi connectivity index (χ2v) is 8.27. The van der Waals surface area contributed by atoms with Crippen LogP contribution in [0.2, 0.25) is 0 Å². The third-order valence-electron chi connectivity index (χ3n) is 4.27. The number of ether oxygens (including phenoxy) is 1. The van der Waals surface area contributed by atoms with Crippen LogP contribution >= 0.6 is 0 Å². The first-order valence-corrected chi connectivity index (χ1v) is 10.4. The zero-order valence-electron chi connectivity index (χ0n) is 15.8. The Hall–Kier alpha value is -3.27. The van der Waals surface area contributed by atoms with E-state index in [2.05, 4.69) is 9.71 Å². The number of hydrogen-bond donors (Lipinski definition) is 1. The normalized spacial score (nSPS) is 18.1. The highest BCUT2D eigenvalue weighted by Gasteiger charge is 2.27. The smallest absolute Gasteiger partial charge is 0.340 e. The first-order valence-electron chi connectivity index (χ1n) is 8.77. The van der Waals surface area contributed by atoms with Gasteiger partial charge in [0.25, 0.3) is 15.9 Å². The zero-order valence-corrected chi connectivity index (χ0v) is 16.6. The van der Waals surface area contributed by atoms with E-state index in [1.54, 1.807) is 29.2 Å². The average Bonchev–Trinajstić information content (AvgIpc) is 2.67. The molecular formula is C19H19N3O6S. The molecule has 1 atom stereocenters. The summed E-state index contributed by atoms with van der Waals surface area (Å²) >= 11 is 0. The Bertz CT molecular complexity index is 1050. The molecule has 2 aliphatic rings.